The van der Waals surface area contributed by atoms with Gasteiger partial charge in [-0.1, -0.05) is 0 Å². The molecule has 1 amide bonds. The van der Waals surface area contributed by atoms with Crippen molar-refractivity contribution >= 4 is 27.6 Å². The summed E-state index contributed by atoms with van der Waals surface area (Å²) in [6.07, 6.45) is 8.50. The second-order valence-electron chi connectivity index (χ2n) is 8.81. The first-order chi connectivity index (χ1) is 15.5. The smallest absolute Gasteiger partial charge is 0.243 e. The maximum Gasteiger partial charge on any atom is 0.243 e. The Hall–Kier alpha value is -2.52. The topological polar surface area (TPSA) is 86.7 Å². The molecule has 0 unspecified atom stereocenters. The largest absolute Gasteiger partial charge is 0.341 e. The van der Waals surface area contributed by atoms with E-state index in [1.165, 1.54) is 0 Å². The molecule has 0 radical (unpaired) electrons. The molecule has 5 rings (SSSR count). The van der Waals surface area contributed by atoms with Crippen molar-refractivity contribution in [3.63, 3.8) is 0 Å². The van der Waals surface area contributed by atoms with Gasteiger partial charge in [-0.2, -0.15) is 4.31 Å². The summed E-state index contributed by atoms with van der Waals surface area (Å²) in [6, 6.07) is 7.10. The van der Waals surface area contributed by atoms with Crippen LogP contribution < -0.4 is 9.80 Å². The first-order valence-corrected chi connectivity index (χ1v) is 12.9. The highest BCUT2D eigenvalue weighted by Crippen LogP contribution is 2.33. The second-order valence-corrected chi connectivity index (χ2v) is 10.7. The predicted octanol–water partition coefficient (Wildman–Crippen LogP) is 2.46. The Morgan fingerprint density at radius 3 is 2.38 bits per heavy atom. The zero-order chi connectivity index (χ0) is 22.1. The van der Waals surface area contributed by atoms with E-state index in [1.54, 1.807) is 34.9 Å². The third-order valence-electron chi connectivity index (χ3n) is 6.82. The van der Waals surface area contributed by atoms with Crippen molar-refractivity contribution in [2.45, 2.75) is 43.4 Å². The van der Waals surface area contributed by atoms with Crippen molar-refractivity contribution in [1.82, 2.24) is 14.3 Å². The maximum atomic E-state index is 13.4. The van der Waals surface area contributed by atoms with Crippen LogP contribution in [0.3, 0.4) is 0 Å². The molecule has 1 aromatic carbocycles. The molecule has 170 valence electrons. The molecule has 0 spiro atoms. The maximum absolute atomic E-state index is 13.4. The van der Waals surface area contributed by atoms with Gasteiger partial charge < -0.3 is 9.80 Å². The van der Waals surface area contributed by atoms with Gasteiger partial charge in [0.2, 0.25) is 21.9 Å². The van der Waals surface area contributed by atoms with Gasteiger partial charge in [0.15, 0.2) is 0 Å². The molecule has 1 aromatic heterocycles. The lowest BCUT2D eigenvalue weighted by atomic mass is 9.93. The minimum Gasteiger partial charge on any atom is -0.341 e. The number of nitrogens with zero attached hydrogens (tertiary/aromatic N) is 5. The highest BCUT2D eigenvalue weighted by Gasteiger charge is 2.33. The standard InChI is InChI=1S/C23H29N5O3S/c29-22(18-8-15-26(16-9-18)23-24-10-4-11-25-23)28-14-3-5-19-17-20(6-7-21(19)28)32(30,31)27-12-1-2-13-27/h4,6-7,10-11,17-18H,1-3,5,8-9,12-16H2. The Kier molecular flexibility index (Phi) is 5.86. The number of rotatable bonds is 4. The summed E-state index contributed by atoms with van der Waals surface area (Å²) in [6.45, 7) is 3.39. The summed E-state index contributed by atoms with van der Waals surface area (Å²) in [5.74, 6) is 0.831. The Morgan fingerprint density at radius 2 is 1.66 bits per heavy atom. The van der Waals surface area contributed by atoms with E-state index in [9.17, 15) is 13.2 Å². The molecule has 0 atom stereocenters. The average molecular weight is 456 g/mol. The number of aromatic nitrogens is 2. The molecule has 9 heteroatoms. The number of amides is 1. The Bertz CT molecular complexity index is 1080. The van der Waals surface area contributed by atoms with E-state index in [-0.39, 0.29) is 11.8 Å². The minimum atomic E-state index is -3.45. The predicted molar refractivity (Wildman–Crippen MR) is 122 cm³/mol. The van der Waals surface area contributed by atoms with Crippen LogP contribution in [0.25, 0.3) is 0 Å². The van der Waals surface area contributed by atoms with Gasteiger partial charge in [0.1, 0.15) is 0 Å². The van der Waals surface area contributed by atoms with Crippen LogP contribution in [0, 0.1) is 5.92 Å². The summed E-state index contributed by atoms with van der Waals surface area (Å²) in [4.78, 5) is 26.4. The van der Waals surface area contributed by atoms with Gasteiger partial charge in [0, 0.05) is 56.7 Å². The first kappa shape index (κ1) is 21.3. The summed E-state index contributed by atoms with van der Waals surface area (Å²) in [5, 5.41) is 0. The number of carbonyl (C=O) groups excluding carboxylic acids is 1. The molecule has 4 heterocycles. The van der Waals surface area contributed by atoms with Gasteiger partial charge in [-0.3, -0.25) is 4.79 Å². The van der Waals surface area contributed by atoms with Crippen molar-refractivity contribution in [1.29, 1.82) is 0 Å². The van der Waals surface area contributed by atoms with Crippen LogP contribution in [-0.4, -0.2) is 61.3 Å². The Balaban J connectivity index is 1.30. The molecule has 0 aliphatic carbocycles. The molecule has 2 saturated heterocycles. The highest BCUT2D eigenvalue weighted by atomic mass is 32.2. The van der Waals surface area contributed by atoms with Gasteiger partial charge in [-0.05, 0) is 68.4 Å². The van der Waals surface area contributed by atoms with E-state index in [4.69, 9.17) is 0 Å². The van der Waals surface area contributed by atoms with Crippen LogP contribution in [0.15, 0.2) is 41.6 Å². The average Bonchev–Trinajstić information content (AvgIpc) is 3.40. The summed E-state index contributed by atoms with van der Waals surface area (Å²) in [7, 11) is -3.45. The van der Waals surface area contributed by atoms with E-state index in [2.05, 4.69) is 14.9 Å². The number of fused-ring (bicyclic) bond motifs is 1. The lowest BCUT2D eigenvalue weighted by molar-refractivity contribution is -0.123. The number of benzene rings is 1. The van der Waals surface area contributed by atoms with Gasteiger partial charge in [-0.25, -0.2) is 18.4 Å². The van der Waals surface area contributed by atoms with Crippen LogP contribution in [0.5, 0.6) is 0 Å². The molecule has 0 saturated carbocycles. The number of hydrogen-bond donors (Lipinski definition) is 0. The number of piperidine rings is 1. The number of anilines is 2. The molecule has 32 heavy (non-hydrogen) atoms. The van der Waals surface area contributed by atoms with E-state index in [0.717, 1.165) is 62.9 Å². The van der Waals surface area contributed by atoms with Crippen LogP contribution in [-0.2, 0) is 21.2 Å². The molecule has 3 aliphatic heterocycles. The van der Waals surface area contributed by atoms with Gasteiger partial charge >= 0.3 is 0 Å². The zero-order valence-electron chi connectivity index (χ0n) is 18.2. The minimum absolute atomic E-state index is 0.0334. The van der Waals surface area contributed by atoms with Crippen molar-refractivity contribution in [2.75, 3.05) is 42.5 Å². The van der Waals surface area contributed by atoms with Gasteiger partial charge in [-0.15, -0.1) is 0 Å². The van der Waals surface area contributed by atoms with Crippen LogP contribution in [0.2, 0.25) is 0 Å². The number of sulfonamides is 1. The van der Waals surface area contributed by atoms with E-state index >= 15 is 0 Å². The number of hydrogen-bond acceptors (Lipinski definition) is 6. The third-order valence-corrected chi connectivity index (χ3v) is 8.71. The molecule has 0 bridgehead atoms. The SMILES string of the molecule is O=C(C1CCN(c2ncccn2)CC1)N1CCCc2cc(S(=O)(=O)N3CCCC3)ccc21. The quantitative estimate of drug-likeness (QED) is 0.704. The number of aryl methyl sites for hydroxylation is 1. The van der Waals surface area contributed by atoms with E-state index < -0.39 is 10.0 Å². The fourth-order valence-electron chi connectivity index (χ4n) is 5.04. The molecule has 8 nitrogen and oxygen atoms in total. The molecule has 2 aromatic rings. The highest BCUT2D eigenvalue weighted by molar-refractivity contribution is 7.89. The monoisotopic (exact) mass is 455 g/mol. The molecular weight excluding hydrogens is 426 g/mol. The van der Waals surface area contributed by atoms with Gasteiger partial charge in [0.05, 0.1) is 4.90 Å². The van der Waals surface area contributed by atoms with Gasteiger partial charge in [0.25, 0.3) is 0 Å². The normalized spacial score (nSPS) is 20.4. The first-order valence-electron chi connectivity index (χ1n) is 11.5. The van der Waals surface area contributed by atoms with Crippen LogP contribution >= 0.6 is 0 Å². The fourth-order valence-corrected chi connectivity index (χ4v) is 6.61. The lowest BCUT2D eigenvalue weighted by Gasteiger charge is -2.36. The molecule has 3 aliphatic rings. The lowest BCUT2D eigenvalue weighted by Crippen LogP contribution is -2.44. The third kappa shape index (κ3) is 3.99. The van der Waals surface area contributed by atoms with Crippen molar-refractivity contribution in [3.8, 4) is 0 Å². The van der Waals surface area contributed by atoms with E-state index in [0.29, 0.717) is 30.5 Å². The molecular formula is C23H29N5O3S. The second kappa shape index (κ2) is 8.78. The number of carbonyl (C=O) groups is 1. The van der Waals surface area contributed by atoms with Crippen molar-refractivity contribution in [2.24, 2.45) is 5.92 Å². The summed E-state index contributed by atoms with van der Waals surface area (Å²) >= 11 is 0. The fraction of sp³-hybridized carbons (Fsp3) is 0.522. The van der Waals surface area contributed by atoms with Crippen LogP contribution in [0.4, 0.5) is 11.6 Å². The summed E-state index contributed by atoms with van der Waals surface area (Å²) in [5.41, 5.74) is 1.83. The molecule has 0 N–H and O–H groups in total. The Labute approximate surface area is 189 Å². The summed E-state index contributed by atoms with van der Waals surface area (Å²) < 4.78 is 27.5. The van der Waals surface area contributed by atoms with Crippen molar-refractivity contribution in [3.05, 3.63) is 42.2 Å². The zero-order valence-corrected chi connectivity index (χ0v) is 19.0. The van der Waals surface area contributed by atoms with E-state index in [1.807, 2.05) is 11.0 Å². The van der Waals surface area contributed by atoms with Crippen molar-refractivity contribution < 1.29 is 13.2 Å². The van der Waals surface area contributed by atoms with Crippen LogP contribution in [0.1, 0.15) is 37.7 Å². The molecule has 2 fully saturated rings. The Morgan fingerprint density at radius 1 is 0.938 bits per heavy atom.